The van der Waals surface area contributed by atoms with Crippen LogP contribution in [-0.2, 0) is 0 Å². The molecule has 25 heavy (non-hydrogen) atoms. The molecule has 1 N–H and O–H groups in total. The summed E-state index contributed by atoms with van der Waals surface area (Å²) in [4.78, 5) is 28.3. The van der Waals surface area contributed by atoms with E-state index in [1.54, 1.807) is 16.7 Å². The van der Waals surface area contributed by atoms with E-state index in [2.05, 4.69) is 10.5 Å². The summed E-state index contributed by atoms with van der Waals surface area (Å²) >= 11 is 0. The maximum Gasteiger partial charge on any atom is 0.317 e. The second kappa shape index (κ2) is 7.38. The monoisotopic (exact) mass is 342 g/mol. The van der Waals surface area contributed by atoms with Gasteiger partial charge in [-0.1, -0.05) is 35.5 Å². The van der Waals surface area contributed by atoms with E-state index in [1.807, 2.05) is 37.3 Å². The Hall–Kier alpha value is -2.83. The Morgan fingerprint density at radius 3 is 2.40 bits per heavy atom. The van der Waals surface area contributed by atoms with Gasteiger partial charge in [-0.3, -0.25) is 4.79 Å². The van der Waals surface area contributed by atoms with Gasteiger partial charge in [-0.25, -0.2) is 4.79 Å². The molecule has 3 amide bonds. The van der Waals surface area contributed by atoms with Gasteiger partial charge in [0.25, 0.3) is 5.91 Å². The molecule has 2 heterocycles. The van der Waals surface area contributed by atoms with Crippen molar-refractivity contribution in [3.8, 4) is 11.3 Å². The summed E-state index contributed by atoms with van der Waals surface area (Å²) in [6, 6.07) is 9.44. The smallest absolute Gasteiger partial charge is 0.317 e. The summed E-state index contributed by atoms with van der Waals surface area (Å²) in [5.41, 5.74) is 1.91. The molecule has 0 bridgehead atoms. The molecule has 1 aliphatic heterocycles. The highest BCUT2D eigenvalue weighted by atomic mass is 16.5. The Morgan fingerprint density at radius 2 is 1.76 bits per heavy atom. The first-order valence-corrected chi connectivity index (χ1v) is 8.45. The molecule has 1 fully saturated rings. The van der Waals surface area contributed by atoms with E-state index in [0.29, 0.717) is 49.7 Å². The van der Waals surface area contributed by atoms with Gasteiger partial charge in [-0.15, -0.1) is 0 Å². The van der Waals surface area contributed by atoms with Gasteiger partial charge < -0.3 is 19.6 Å². The average Bonchev–Trinajstić information content (AvgIpc) is 3.03. The van der Waals surface area contributed by atoms with E-state index in [1.165, 1.54) is 0 Å². The Labute approximate surface area is 146 Å². The molecule has 0 saturated carbocycles. The lowest BCUT2D eigenvalue weighted by Crippen LogP contribution is -2.53. The number of nitrogens with zero attached hydrogens (tertiary/aromatic N) is 3. The van der Waals surface area contributed by atoms with E-state index in [9.17, 15) is 9.59 Å². The summed E-state index contributed by atoms with van der Waals surface area (Å²) in [6.45, 7) is 6.25. The van der Waals surface area contributed by atoms with Gasteiger partial charge in [0.05, 0.1) is 0 Å². The van der Waals surface area contributed by atoms with Crippen molar-refractivity contribution in [2.45, 2.75) is 13.8 Å². The predicted molar refractivity (Wildman–Crippen MR) is 93.2 cm³/mol. The molecular formula is C18H22N4O3. The van der Waals surface area contributed by atoms with E-state index in [4.69, 9.17) is 4.52 Å². The topological polar surface area (TPSA) is 78.7 Å². The largest absolute Gasteiger partial charge is 0.360 e. The Kier molecular flexibility index (Phi) is 5.02. The van der Waals surface area contributed by atoms with E-state index in [0.717, 1.165) is 5.56 Å². The van der Waals surface area contributed by atoms with Crippen LogP contribution in [0.15, 0.2) is 34.9 Å². The summed E-state index contributed by atoms with van der Waals surface area (Å²) in [5, 5.41) is 6.86. The minimum atomic E-state index is -0.104. The Balaban J connectivity index is 1.75. The standard InChI is InChI=1S/C18H22N4O3/c1-3-19-18(24)22-11-9-21(10-12-22)17(23)15-13(2)25-20-16(15)14-7-5-4-6-8-14/h4-8H,3,9-12H2,1-2H3,(H,19,24). The molecule has 0 aliphatic carbocycles. The predicted octanol–water partition coefficient (Wildman–Crippen LogP) is 2.14. The number of urea groups is 1. The fourth-order valence-electron chi connectivity index (χ4n) is 2.95. The number of aryl methyl sites for hydroxylation is 1. The highest BCUT2D eigenvalue weighted by molar-refractivity contribution is 6.00. The second-order valence-electron chi connectivity index (χ2n) is 5.94. The van der Waals surface area contributed by atoms with Crippen molar-refractivity contribution >= 4 is 11.9 Å². The fraction of sp³-hybridized carbons (Fsp3) is 0.389. The molecule has 1 aliphatic rings. The third-order valence-electron chi connectivity index (χ3n) is 4.31. The van der Waals surface area contributed by atoms with Crippen LogP contribution in [0, 0.1) is 6.92 Å². The van der Waals surface area contributed by atoms with Crippen LogP contribution in [0.5, 0.6) is 0 Å². The van der Waals surface area contributed by atoms with Gasteiger partial charge in [-0.05, 0) is 13.8 Å². The van der Waals surface area contributed by atoms with Crippen molar-refractivity contribution in [2.75, 3.05) is 32.7 Å². The molecule has 0 atom stereocenters. The Bertz CT molecular complexity index is 749. The average molecular weight is 342 g/mol. The molecular weight excluding hydrogens is 320 g/mol. The fourth-order valence-corrected chi connectivity index (χ4v) is 2.95. The third kappa shape index (κ3) is 3.50. The van der Waals surface area contributed by atoms with Crippen molar-refractivity contribution in [1.82, 2.24) is 20.3 Å². The first-order valence-electron chi connectivity index (χ1n) is 8.45. The first kappa shape index (κ1) is 17.0. The van der Waals surface area contributed by atoms with E-state index < -0.39 is 0 Å². The lowest BCUT2D eigenvalue weighted by molar-refractivity contribution is 0.0664. The molecule has 0 spiro atoms. The molecule has 1 aromatic heterocycles. The SMILES string of the molecule is CCNC(=O)N1CCN(C(=O)c2c(-c3ccccc3)noc2C)CC1. The van der Waals surface area contributed by atoms with Crippen molar-refractivity contribution in [3.05, 3.63) is 41.7 Å². The lowest BCUT2D eigenvalue weighted by atomic mass is 10.0. The van der Waals surface area contributed by atoms with Crippen molar-refractivity contribution < 1.29 is 14.1 Å². The van der Waals surface area contributed by atoms with Crippen LogP contribution in [0.4, 0.5) is 4.79 Å². The number of carbonyl (C=O) groups excluding carboxylic acids is 2. The molecule has 7 nitrogen and oxygen atoms in total. The number of hydrogen-bond donors (Lipinski definition) is 1. The van der Waals surface area contributed by atoms with Crippen molar-refractivity contribution in [3.63, 3.8) is 0 Å². The van der Waals surface area contributed by atoms with Crippen LogP contribution in [0.25, 0.3) is 11.3 Å². The normalized spacial score (nSPS) is 14.5. The summed E-state index contributed by atoms with van der Waals surface area (Å²) in [7, 11) is 0. The number of rotatable bonds is 3. The minimum absolute atomic E-state index is 0.0827. The highest BCUT2D eigenvalue weighted by Gasteiger charge is 2.29. The van der Waals surface area contributed by atoms with Gasteiger partial charge in [-0.2, -0.15) is 0 Å². The van der Waals surface area contributed by atoms with Crippen molar-refractivity contribution in [2.24, 2.45) is 0 Å². The number of benzene rings is 1. The maximum absolute atomic E-state index is 13.0. The minimum Gasteiger partial charge on any atom is -0.360 e. The summed E-state index contributed by atoms with van der Waals surface area (Å²) in [6.07, 6.45) is 0. The van der Waals surface area contributed by atoms with Crippen LogP contribution in [-0.4, -0.2) is 59.6 Å². The van der Waals surface area contributed by atoms with Crippen LogP contribution in [0.1, 0.15) is 23.0 Å². The number of carbonyl (C=O) groups is 2. The van der Waals surface area contributed by atoms with Gasteiger partial charge in [0, 0.05) is 38.3 Å². The number of nitrogens with one attached hydrogen (secondary N) is 1. The van der Waals surface area contributed by atoms with Gasteiger partial charge in [0.15, 0.2) is 0 Å². The molecule has 0 unspecified atom stereocenters. The maximum atomic E-state index is 13.0. The Morgan fingerprint density at radius 1 is 1.12 bits per heavy atom. The molecule has 0 radical (unpaired) electrons. The zero-order chi connectivity index (χ0) is 17.8. The van der Waals surface area contributed by atoms with Crippen LogP contribution in [0.2, 0.25) is 0 Å². The zero-order valence-corrected chi connectivity index (χ0v) is 14.5. The van der Waals surface area contributed by atoms with E-state index in [-0.39, 0.29) is 11.9 Å². The molecule has 7 heteroatoms. The molecule has 3 rings (SSSR count). The number of hydrogen-bond acceptors (Lipinski definition) is 4. The van der Waals surface area contributed by atoms with Crippen LogP contribution in [0.3, 0.4) is 0 Å². The third-order valence-corrected chi connectivity index (χ3v) is 4.31. The van der Waals surface area contributed by atoms with Gasteiger partial charge in [0.2, 0.25) is 0 Å². The first-order chi connectivity index (χ1) is 12.1. The second-order valence-corrected chi connectivity index (χ2v) is 5.94. The quantitative estimate of drug-likeness (QED) is 0.927. The lowest BCUT2D eigenvalue weighted by Gasteiger charge is -2.34. The van der Waals surface area contributed by atoms with Crippen molar-refractivity contribution in [1.29, 1.82) is 0 Å². The molecule has 2 aromatic rings. The molecule has 132 valence electrons. The van der Waals surface area contributed by atoms with Crippen LogP contribution >= 0.6 is 0 Å². The summed E-state index contributed by atoms with van der Waals surface area (Å²) in [5.74, 6) is 0.406. The molecule has 1 saturated heterocycles. The number of aromatic nitrogens is 1. The number of amides is 3. The van der Waals surface area contributed by atoms with Gasteiger partial charge in [0.1, 0.15) is 17.0 Å². The van der Waals surface area contributed by atoms with Crippen LogP contribution < -0.4 is 5.32 Å². The highest BCUT2D eigenvalue weighted by Crippen LogP contribution is 2.26. The number of piperazine rings is 1. The zero-order valence-electron chi connectivity index (χ0n) is 14.5. The molecule has 1 aromatic carbocycles. The van der Waals surface area contributed by atoms with E-state index >= 15 is 0 Å². The summed E-state index contributed by atoms with van der Waals surface area (Å²) < 4.78 is 5.28. The van der Waals surface area contributed by atoms with Gasteiger partial charge >= 0.3 is 6.03 Å².